The lowest BCUT2D eigenvalue weighted by Gasteiger charge is -2.05. The number of nitrogens with one attached hydrogen (secondary N) is 2. The second-order valence-electron chi connectivity index (χ2n) is 5.07. The molecule has 0 spiro atoms. The third-order valence-electron chi connectivity index (χ3n) is 3.47. The van der Waals surface area contributed by atoms with Crippen LogP contribution in [0.5, 0.6) is 0 Å². The van der Waals surface area contributed by atoms with Crippen LogP contribution in [0.3, 0.4) is 0 Å². The van der Waals surface area contributed by atoms with E-state index in [9.17, 15) is 14.9 Å². The molecular formula is C13H15N5O3. The van der Waals surface area contributed by atoms with Crippen molar-refractivity contribution >= 4 is 17.4 Å². The van der Waals surface area contributed by atoms with Gasteiger partial charge in [0, 0.05) is 23.9 Å². The zero-order valence-electron chi connectivity index (χ0n) is 11.5. The summed E-state index contributed by atoms with van der Waals surface area (Å²) in [6.45, 7) is 1.97. The van der Waals surface area contributed by atoms with Gasteiger partial charge in [-0.3, -0.25) is 20.0 Å². The fraction of sp³-hybridized carbons (Fsp3) is 0.385. The van der Waals surface area contributed by atoms with Gasteiger partial charge >= 0.3 is 0 Å². The van der Waals surface area contributed by atoms with E-state index in [2.05, 4.69) is 15.5 Å². The van der Waals surface area contributed by atoms with Gasteiger partial charge < -0.3 is 9.88 Å². The number of rotatable bonds is 5. The number of carbonyl (C=O) groups is 1. The molecule has 8 nitrogen and oxygen atoms in total. The number of anilines is 1. The van der Waals surface area contributed by atoms with Crippen LogP contribution in [0.1, 0.15) is 42.0 Å². The van der Waals surface area contributed by atoms with Crippen molar-refractivity contribution in [2.45, 2.75) is 32.2 Å². The van der Waals surface area contributed by atoms with Crippen molar-refractivity contribution in [1.82, 2.24) is 14.8 Å². The Bertz CT molecular complexity index is 698. The molecule has 0 unspecified atom stereocenters. The lowest BCUT2D eigenvalue weighted by molar-refractivity contribution is -0.384. The van der Waals surface area contributed by atoms with Crippen molar-refractivity contribution in [2.24, 2.45) is 0 Å². The maximum absolute atomic E-state index is 12.3. The Morgan fingerprint density at radius 2 is 2.33 bits per heavy atom. The lowest BCUT2D eigenvalue weighted by atomic mass is 10.3. The quantitative estimate of drug-likeness (QED) is 0.650. The molecular weight excluding hydrogens is 274 g/mol. The molecule has 1 saturated carbocycles. The Hall–Kier alpha value is -2.64. The van der Waals surface area contributed by atoms with E-state index in [1.54, 1.807) is 10.6 Å². The summed E-state index contributed by atoms with van der Waals surface area (Å²) in [5.74, 6) is 0.0344. The van der Waals surface area contributed by atoms with Gasteiger partial charge in [0.1, 0.15) is 5.69 Å². The minimum atomic E-state index is -0.487. The van der Waals surface area contributed by atoms with Gasteiger partial charge in [-0.1, -0.05) is 6.92 Å². The fourth-order valence-electron chi connectivity index (χ4n) is 2.19. The number of aromatic amines is 1. The summed E-state index contributed by atoms with van der Waals surface area (Å²) in [6, 6.07) is 3.24. The summed E-state index contributed by atoms with van der Waals surface area (Å²) >= 11 is 0. The number of nitro groups is 1. The molecule has 0 atom stereocenters. The number of hydrogen-bond donors (Lipinski definition) is 2. The predicted molar refractivity (Wildman–Crippen MR) is 75.3 cm³/mol. The zero-order valence-corrected chi connectivity index (χ0v) is 11.5. The van der Waals surface area contributed by atoms with Gasteiger partial charge in [-0.2, -0.15) is 5.10 Å². The van der Waals surface area contributed by atoms with E-state index in [0.717, 1.165) is 25.0 Å². The van der Waals surface area contributed by atoms with Crippen LogP contribution in [0, 0.1) is 10.1 Å². The van der Waals surface area contributed by atoms with E-state index < -0.39 is 4.92 Å². The first kappa shape index (κ1) is 13.3. The number of H-pyrrole nitrogens is 1. The molecule has 2 aromatic heterocycles. The first-order valence-corrected chi connectivity index (χ1v) is 6.80. The predicted octanol–water partition coefficient (Wildman–Crippen LogP) is 2.27. The molecule has 0 saturated heterocycles. The highest BCUT2D eigenvalue weighted by Crippen LogP contribution is 2.38. The number of nitrogens with zero attached hydrogens (tertiary/aromatic N) is 3. The van der Waals surface area contributed by atoms with Crippen LogP contribution in [0.15, 0.2) is 18.3 Å². The van der Waals surface area contributed by atoms with Crippen LogP contribution >= 0.6 is 0 Å². The monoisotopic (exact) mass is 289 g/mol. The summed E-state index contributed by atoms with van der Waals surface area (Å²) in [5, 5.41) is 20.3. The summed E-state index contributed by atoms with van der Waals surface area (Å²) < 4.78 is 1.68. The minimum absolute atomic E-state index is 0.0664. The maximum atomic E-state index is 12.3. The summed E-state index contributed by atoms with van der Waals surface area (Å²) in [4.78, 5) is 22.7. The van der Waals surface area contributed by atoms with Gasteiger partial charge in [-0.25, -0.2) is 0 Å². The van der Waals surface area contributed by atoms with Crippen molar-refractivity contribution in [1.29, 1.82) is 0 Å². The van der Waals surface area contributed by atoms with Crippen molar-refractivity contribution in [3.05, 3.63) is 39.8 Å². The van der Waals surface area contributed by atoms with Crippen molar-refractivity contribution < 1.29 is 9.72 Å². The molecule has 1 aliphatic rings. The summed E-state index contributed by atoms with van der Waals surface area (Å²) in [7, 11) is 0. The van der Waals surface area contributed by atoms with Gasteiger partial charge in [-0.15, -0.1) is 0 Å². The normalized spacial score (nSPS) is 14.1. The highest BCUT2D eigenvalue weighted by molar-refractivity contribution is 6.03. The number of amides is 1. The van der Waals surface area contributed by atoms with E-state index in [1.807, 2.05) is 6.92 Å². The smallest absolute Gasteiger partial charge is 0.287 e. The lowest BCUT2D eigenvalue weighted by Crippen LogP contribution is -2.16. The largest absolute Gasteiger partial charge is 0.334 e. The van der Waals surface area contributed by atoms with E-state index >= 15 is 0 Å². The fourth-order valence-corrected chi connectivity index (χ4v) is 2.19. The maximum Gasteiger partial charge on any atom is 0.287 e. The SMILES string of the molecule is CCc1cc(NC(=O)c2cc([N+](=O)[O-])cn2C2CC2)n[nH]1. The molecule has 0 aliphatic heterocycles. The summed E-state index contributed by atoms with van der Waals surface area (Å²) in [5.41, 5.74) is 1.14. The van der Waals surface area contributed by atoms with Crippen LogP contribution in [0.2, 0.25) is 0 Å². The Morgan fingerprint density at radius 1 is 1.57 bits per heavy atom. The molecule has 8 heteroatoms. The third kappa shape index (κ3) is 2.64. The first-order chi connectivity index (χ1) is 10.1. The number of aromatic nitrogens is 3. The zero-order chi connectivity index (χ0) is 15.0. The minimum Gasteiger partial charge on any atom is -0.334 e. The first-order valence-electron chi connectivity index (χ1n) is 6.80. The van der Waals surface area contributed by atoms with Gasteiger partial charge in [0.05, 0.1) is 11.1 Å². The van der Waals surface area contributed by atoms with Crippen molar-refractivity contribution in [3.63, 3.8) is 0 Å². The third-order valence-corrected chi connectivity index (χ3v) is 3.47. The standard InChI is InChI=1S/C13H15N5O3/c1-2-8-5-12(16-15-8)14-13(19)11-6-10(18(20)21)7-17(11)9-3-4-9/h5-7,9H,2-4H2,1H3,(H2,14,15,16,19). The van der Waals surface area contributed by atoms with Gasteiger partial charge in [-0.05, 0) is 19.3 Å². The molecule has 0 aromatic carbocycles. The van der Waals surface area contributed by atoms with Crippen LogP contribution in [0.25, 0.3) is 0 Å². The highest BCUT2D eigenvalue weighted by atomic mass is 16.6. The number of hydrogen-bond acceptors (Lipinski definition) is 4. The van der Waals surface area contributed by atoms with E-state index in [4.69, 9.17) is 0 Å². The summed E-state index contributed by atoms with van der Waals surface area (Å²) in [6.07, 6.45) is 4.09. The van der Waals surface area contributed by atoms with Crippen LogP contribution in [-0.4, -0.2) is 25.6 Å². The van der Waals surface area contributed by atoms with E-state index in [0.29, 0.717) is 11.5 Å². The Kier molecular flexibility index (Phi) is 3.20. The molecule has 2 heterocycles. The van der Waals surface area contributed by atoms with Gasteiger partial charge in [0.15, 0.2) is 5.82 Å². The number of aryl methyl sites for hydroxylation is 1. The second kappa shape index (κ2) is 5.04. The van der Waals surface area contributed by atoms with Crippen LogP contribution < -0.4 is 5.32 Å². The Labute approximate surface area is 120 Å². The number of carbonyl (C=O) groups excluding carboxylic acids is 1. The molecule has 1 fully saturated rings. The van der Waals surface area contributed by atoms with E-state index in [1.165, 1.54) is 12.3 Å². The molecule has 2 aromatic rings. The Morgan fingerprint density at radius 3 is 2.90 bits per heavy atom. The molecule has 3 rings (SSSR count). The molecule has 1 amide bonds. The topological polar surface area (TPSA) is 106 Å². The molecule has 0 radical (unpaired) electrons. The molecule has 21 heavy (non-hydrogen) atoms. The van der Waals surface area contributed by atoms with Crippen molar-refractivity contribution in [3.8, 4) is 0 Å². The average Bonchev–Trinajstić information content (AvgIpc) is 3.03. The molecule has 0 bridgehead atoms. The second-order valence-corrected chi connectivity index (χ2v) is 5.07. The average molecular weight is 289 g/mol. The van der Waals surface area contributed by atoms with Gasteiger partial charge in [0.25, 0.3) is 11.6 Å². The van der Waals surface area contributed by atoms with E-state index in [-0.39, 0.29) is 17.6 Å². The molecule has 110 valence electrons. The van der Waals surface area contributed by atoms with Gasteiger partial charge in [0.2, 0.25) is 0 Å². The molecule has 1 aliphatic carbocycles. The highest BCUT2D eigenvalue weighted by Gasteiger charge is 2.30. The van der Waals surface area contributed by atoms with Crippen molar-refractivity contribution in [2.75, 3.05) is 5.32 Å². The Balaban J connectivity index is 1.84. The molecule has 2 N–H and O–H groups in total. The van der Waals surface area contributed by atoms with Crippen LogP contribution in [-0.2, 0) is 6.42 Å². The van der Waals surface area contributed by atoms with Crippen LogP contribution in [0.4, 0.5) is 11.5 Å².